The second-order valence-corrected chi connectivity index (χ2v) is 6.72. The Bertz CT molecular complexity index is 671. The zero-order chi connectivity index (χ0) is 16.0. The first-order valence-corrected chi connectivity index (χ1v) is 8.20. The smallest absolute Gasteiger partial charge is 0.337 e. The lowest BCUT2D eigenvalue weighted by Gasteiger charge is -2.38. The maximum atomic E-state index is 12.3. The molecule has 2 aliphatic carbocycles. The Balaban J connectivity index is 1.66. The second kappa shape index (κ2) is 5.34. The van der Waals surface area contributed by atoms with Crippen molar-refractivity contribution in [1.82, 2.24) is 4.98 Å². The van der Waals surface area contributed by atoms with Crippen molar-refractivity contribution in [3.63, 3.8) is 0 Å². The van der Waals surface area contributed by atoms with Crippen molar-refractivity contribution in [3.05, 3.63) is 35.5 Å². The summed E-state index contributed by atoms with van der Waals surface area (Å²) < 4.78 is 17.3. The molecule has 0 spiro atoms. The van der Waals surface area contributed by atoms with E-state index in [1.165, 1.54) is 0 Å². The van der Waals surface area contributed by atoms with Crippen LogP contribution in [0.4, 0.5) is 0 Å². The molecule has 5 heteroatoms. The second-order valence-electron chi connectivity index (χ2n) is 6.72. The van der Waals surface area contributed by atoms with Crippen LogP contribution < -0.4 is 4.74 Å². The molecule has 0 amide bonds. The van der Waals surface area contributed by atoms with Crippen molar-refractivity contribution in [2.24, 2.45) is 11.8 Å². The summed E-state index contributed by atoms with van der Waals surface area (Å²) >= 11 is 0. The highest BCUT2D eigenvalue weighted by atomic mass is 16.6. The molecule has 1 aromatic heterocycles. The molecule has 0 N–H and O–H groups in total. The molecule has 2 heterocycles. The van der Waals surface area contributed by atoms with Crippen LogP contribution in [0.1, 0.15) is 31.7 Å². The predicted molar refractivity (Wildman–Crippen MR) is 82.8 cm³/mol. The summed E-state index contributed by atoms with van der Waals surface area (Å²) in [5.74, 6) is 1.10. The van der Waals surface area contributed by atoms with Gasteiger partial charge in [0.15, 0.2) is 0 Å². The Morgan fingerprint density at radius 1 is 1.43 bits per heavy atom. The van der Waals surface area contributed by atoms with Crippen molar-refractivity contribution < 1.29 is 19.0 Å². The average Bonchev–Trinajstić information content (AvgIpc) is 3.04. The third kappa shape index (κ3) is 2.10. The highest BCUT2D eigenvalue weighted by Crippen LogP contribution is 2.55. The molecule has 2 fully saturated rings. The van der Waals surface area contributed by atoms with E-state index in [4.69, 9.17) is 14.2 Å². The predicted octanol–water partition coefficient (Wildman–Crippen LogP) is 2.65. The van der Waals surface area contributed by atoms with Crippen LogP contribution in [0, 0.1) is 11.8 Å². The third-order valence-electron chi connectivity index (χ3n) is 5.37. The van der Waals surface area contributed by atoms with Crippen molar-refractivity contribution >= 4 is 5.97 Å². The Kier molecular flexibility index (Phi) is 3.41. The molecule has 0 aromatic carbocycles. The fraction of sp³-hybridized carbons (Fsp3) is 0.556. The van der Waals surface area contributed by atoms with E-state index in [0.717, 1.165) is 30.4 Å². The van der Waals surface area contributed by atoms with Gasteiger partial charge in [-0.1, -0.05) is 13.0 Å². The first-order chi connectivity index (χ1) is 11.1. The SMILES string of the molecule is COc1ncccc1CO[C@@]12C3=C[C@H](C)C[C@@H]1CC[C@@H]2OC3=O. The summed E-state index contributed by atoms with van der Waals surface area (Å²) in [4.78, 5) is 16.5. The Hall–Kier alpha value is -1.88. The van der Waals surface area contributed by atoms with E-state index >= 15 is 0 Å². The average molecular weight is 315 g/mol. The standard InChI is InChI=1S/C18H21NO4/c1-11-8-13-5-6-15-18(13,14(9-11)17(20)23-15)22-10-12-4-3-7-19-16(12)21-2/h3-4,7,9,11,13,15H,5-6,8,10H2,1-2H3/t11-,13+,15+,18-/m1/s1. The number of methoxy groups -OCH3 is 1. The Labute approximate surface area is 135 Å². The molecule has 122 valence electrons. The fourth-order valence-corrected chi connectivity index (χ4v) is 4.43. The van der Waals surface area contributed by atoms with Crippen molar-refractivity contribution in [1.29, 1.82) is 0 Å². The number of pyridine rings is 1. The molecule has 1 aliphatic heterocycles. The summed E-state index contributed by atoms with van der Waals surface area (Å²) in [7, 11) is 1.60. The molecule has 0 bridgehead atoms. The maximum Gasteiger partial charge on any atom is 0.337 e. The molecule has 4 atom stereocenters. The van der Waals surface area contributed by atoms with Crippen LogP contribution in [-0.2, 0) is 20.9 Å². The third-order valence-corrected chi connectivity index (χ3v) is 5.37. The quantitative estimate of drug-likeness (QED) is 0.800. The van der Waals surface area contributed by atoms with Crippen LogP contribution in [0.3, 0.4) is 0 Å². The molecular weight excluding hydrogens is 294 g/mol. The summed E-state index contributed by atoms with van der Waals surface area (Å²) in [5.41, 5.74) is 1.04. The van der Waals surface area contributed by atoms with Gasteiger partial charge in [-0.25, -0.2) is 9.78 Å². The molecule has 23 heavy (non-hydrogen) atoms. The Morgan fingerprint density at radius 2 is 2.30 bits per heavy atom. The van der Waals surface area contributed by atoms with Crippen LogP contribution in [0.5, 0.6) is 5.88 Å². The molecule has 1 aromatic rings. The molecule has 4 rings (SSSR count). The molecule has 0 unspecified atom stereocenters. The minimum absolute atomic E-state index is 0.151. The molecular formula is C18H21NO4. The summed E-state index contributed by atoms with van der Waals surface area (Å²) in [6.45, 7) is 2.52. The highest BCUT2D eigenvalue weighted by Gasteiger charge is 2.63. The van der Waals surface area contributed by atoms with Gasteiger partial charge in [-0.2, -0.15) is 0 Å². The maximum absolute atomic E-state index is 12.3. The largest absolute Gasteiger partial charge is 0.481 e. The number of ether oxygens (including phenoxy) is 3. The fourth-order valence-electron chi connectivity index (χ4n) is 4.43. The van der Waals surface area contributed by atoms with E-state index in [2.05, 4.69) is 11.9 Å². The van der Waals surface area contributed by atoms with Gasteiger partial charge in [-0.3, -0.25) is 0 Å². The number of hydrogen-bond donors (Lipinski definition) is 0. The number of allylic oxidation sites excluding steroid dienone is 1. The van der Waals surface area contributed by atoms with Gasteiger partial charge in [0.1, 0.15) is 11.7 Å². The van der Waals surface area contributed by atoms with Gasteiger partial charge in [0.25, 0.3) is 0 Å². The molecule has 1 saturated carbocycles. The number of carbonyl (C=O) groups is 1. The van der Waals surface area contributed by atoms with Crippen molar-refractivity contribution in [2.45, 2.75) is 44.5 Å². The van der Waals surface area contributed by atoms with Gasteiger partial charge in [0, 0.05) is 11.8 Å². The van der Waals surface area contributed by atoms with Gasteiger partial charge < -0.3 is 14.2 Å². The van der Waals surface area contributed by atoms with Gasteiger partial charge in [-0.05, 0) is 43.2 Å². The number of nitrogens with zero attached hydrogens (tertiary/aromatic N) is 1. The minimum atomic E-state index is -0.579. The number of carbonyl (C=O) groups excluding carboxylic acids is 1. The van der Waals surface area contributed by atoms with Crippen LogP contribution >= 0.6 is 0 Å². The van der Waals surface area contributed by atoms with Crippen LogP contribution in [0.2, 0.25) is 0 Å². The van der Waals surface area contributed by atoms with Gasteiger partial charge >= 0.3 is 5.97 Å². The highest BCUT2D eigenvalue weighted by molar-refractivity contribution is 5.94. The lowest BCUT2D eigenvalue weighted by atomic mass is 9.73. The number of aromatic nitrogens is 1. The lowest BCUT2D eigenvalue weighted by molar-refractivity contribution is -0.142. The van der Waals surface area contributed by atoms with E-state index in [1.807, 2.05) is 18.2 Å². The van der Waals surface area contributed by atoms with Crippen LogP contribution in [-0.4, -0.2) is 29.8 Å². The summed E-state index contributed by atoms with van der Waals surface area (Å²) in [5, 5.41) is 0. The zero-order valence-electron chi connectivity index (χ0n) is 13.5. The van der Waals surface area contributed by atoms with Gasteiger partial charge in [0.05, 0.1) is 19.3 Å². The molecule has 1 saturated heterocycles. The Morgan fingerprint density at radius 3 is 3.13 bits per heavy atom. The van der Waals surface area contributed by atoms with E-state index in [9.17, 15) is 4.79 Å². The molecule has 5 nitrogen and oxygen atoms in total. The summed E-state index contributed by atoms with van der Waals surface area (Å²) in [6, 6.07) is 3.81. The lowest BCUT2D eigenvalue weighted by Crippen LogP contribution is -2.46. The van der Waals surface area contributed by atoms with Crippen molar-refractivity contribution in [3.8, 4) is 5.88 Å². The van der Waals surface area contributed by atoms with Crippen LogP contribution in [0.25, 0.3) is 0 Å². The van der Waals surface area contributed by atoms with Gasteiger partial charge in [0.2, 0.25) is 5.88 Å². The zero-order valence-corrected chi connectivity index (χ0v) is 13.5. The molecule has 3 aliphatic rings. The topological polar surface area (TPSA) is 57.6 Å². The number of rotatable bonds is 4. The number of esters is 1. The molecule has 0 radical (unpaired) electrons. The summed E-state index contributed by atoms with van der Waals surface area (Å²) in [6.07, 6.45) is 6.56. The van der Waals surface area contributed by atoms with E-state index in [-0.39, 0.29) is 12.1 Å². The normalized spacial score (nSPS) is 34.8. The van der Waals surface area contributed by atoms with E-state index < -0.39 is 5.60 Å². The van der Waals surface area contributed by atoms with E-state index in [1.54, 1.807) is 13.3 Å². The monoisotopic (exact) mass is 315 g/mol. The number of hydrogen-bond acceptors (Lipinski definition) is 5. The van der Waals surface area contributed by atoms with Crippen LogP contribution in [0.15, 0.2) is 30.0 Å². The minimum Gasteiger partial charge on any atom is -0.481 e. The first kappa shape index (κ1) is 14.7. The van der Waals surface area contributed by atoms with Crippen molar-refractivity contribution in [2.75, 3.05) is 7.11 Å². The first-order valence-electron chi connectivity index (χ1n) is 8.20. The van der Waals surface area contributed by atoms with E-state index in [0.29, 0.717) is 24.3 Å². The van der Waals surface area contributed by atoms with Gasteiger partial charge in [-0.15, -0.1) is 0 Å².